The Morgan fingerprint density at radius 2 is 2.20 bits per heavy atom. The molecule has 104 valence electrons. The maximum atomic E-state index is 14.0. The first-order chi connectivity index (χ1) is 9.65. The van der Waals surface area contributed by atoms with Crippen LogP contribution in [0.4, 0.5) is 10.1 Å². The standard InChI is InChI=1S/C15H15FN2OS/c16-14-8-11(5-6-13(14)15(17)20)18(10-3-4-10)9-12-2-1-7-19-12/h1-2,5-8,10H,3-4,9H2,(H2,17,20). The van der Waals surface area contributed by atoms with Crippen LogP contribution in [0, 0.1) is 5.82 Å². The molecule has 0 unspecified atom stereocenters. The molecule has 0 saturated heterocycles. The van der Waals surface area contributed by atoms with Gasteiger partial charge < -0.3 is 15.1 Å². The Kier molecular flexibility index (Phi) is 3.44. The van der Waals surface area contributed by atoms with Gasteiger partial charge in [0.15, 0.2) is 0 Å². The number of thiocarbonyl (C=S) groups is 1. The van der Waals surface area contributed by atoms with E-state index < -0.39 is 0 Å². The molecule has 0 radical (unpaired) electrons. The first kappa shape index (κ1) is 13.1. The normalized spacial score (nSPS) is 14.2. The van der Waals surface area contributed by atoms with E-state index in [0.717, 1.165) is 24.3 Å². The van der Waals surface area contributed by atoms with Gasteiger partial charge in [-0.3, -0.25) is 0 Å². The fourth-order valence-electron chi connectivity index (χ4n) is 2.27. The van der Waals surface area contributed by atoms with Crippen LogP contribution in [-0.2, 0) is 6.54 Å². The number of rotatable bonds is 5. The SMILES string of the molecule is NC(=S)c1ccc(N(Cc2ccco2)C2CC2)cc1F. The van der Waals surface area contributed by atoms with Crippen LogP contribution in [0.5, 0.6) is 0 Å². The fourth-order valence-corrected chi connectivity index (χ4v) is 2.44. The maximum absolute atomic E-state index is 14.0. The summed E-state index contributed by atoms with van der Waals surface area (Å²) in [5.41, 5.74) is 6.61. The third-order valence-corrected chi connectivity index (χ3v) is 3.66. The largest absolute Gasteiger partial charge is 0.467 e. The summed E-state index contributed by atoms with van der Waals surface area (Å²) >= 11 is 4.82. The minimum absolute atomic E-state index is 0.0815. The zero-order valence-electron chi connectivity index (χ0n) is 10.9. The number of nitrogens with zero attached hydrogens (tertiary/aromatic N) is 1. The molecule has 0 spiro atoms. The Morgan fingerprint density at radius 1 is 1.40 bits per heavy atom. The molecule has 2 aromatic rings. The van der Waals surface area contributed by atoms with Crippen LogP contribution in [0.15, 0.2) is 41.0 Å². The number of anilines is 1. The van der Waals surface area contributed by atoms with Gasteiger partial charge in [0.2, 0.25) is 0 Å². The number of furan rings is 1. The molecule has 20 heavy (non-hydrogen) atoms. The van der Waals surface area contributed by atoms with E-state index in [-0.39, 0.29) is 16.4 Å². The molecule has 1 heterocycles. The van der Waals surface area contributed by atoms with Crippen molar-refractivity contribution in [1.29, 1.82) is 0 Å². The topological polar surface area (TPSA) is 42.4 Å². The Morgan fingerprint density at radius 3 is 2.75 bits per heavy atom. The van der Waals surface area contributed by atoms with Crippen molar-refractivity contribution in [2.75, 3.05) is 4.90 Å². The molecule has 2 N–H and O–H groups in total. The third kappa shape index (κ3) is 2.67. The van der Waals surface area contributed by atoms with Gasteiger partial charge in [-0.15, -0.1) is 0 Å². The van der Waals surface area contributed by atoms with Crippen LogP contribution in [0.1, 0.15) is 24.2 Å². The van der Waals surface area contributed by atoms with Gasteiger partial charge in [-0.2, -0.15) is 0 Å². The Bertz CT molecular complexity index is 623. The van der Waals surface area contributed by atoms with Crippen molar-refractivity contribution in [1.82, 2.24) is 0 Å². The molecule has 3 nitrogen and oxygen atoms in total. The van der Waals surface area contributed by atoms with Crippen molar-refractivity contribution < 1.29 is 8.81 Å². The monoisotopic (exact) mass is 290 g/mol. The lowest BCUT2D eigenvalue weighted by Gasteiger charge is -2.24. The lowest BCUT2D eigenvalue weighted by atomic mass is 10.1. The molecule has 1 aliphatic rings. The first-order valence-corrected chi connectivity index (χ1v) is 6.94. The summed E-state index contributed by atoms with van der Waals surface area (Å²) < 4.78 is 19.4. The average molecular weight is 290 g/mol. The van der Waals surface area contributed by atoms with Gasteiger partial charge in [-0.05, 0) is 43.2 Å². The number of hydrogen-bond donors (Lipinski definition) is 1. The second-order valence-corrected chi connectivity index (χ2v) is 5.41. The van der Waals surface area contributed by atoms with Crippen molar-refractivity contribution in [2.24, 2.45) is 5.73 Å². The van der Waals surface area contributed by atoms with Gasteiger partial charge in [-0.25, -0.2) is 4.39 Å². The predicted octanol–water partition coefficient (Wildman–Crippen LogP) is 3.22. The van der Waals surface area contributed by atoms with E-state index in [1.807, 2.05) is 18.2 Å². The molecule has 5 heteroatoms. The van der Waals surface area contributed by atoms with Crippen molar-refractivity contribution in [3.8, 4) is 0 Å². The van der Waals surface area contributed by atoms with E-state index in [9.17, 15) is 4.39 Å². The van der Waals surface area contributed by atoms with Crippen molar-refractivity contribution in [3.05, 3.63) is 53.7 Å². The highest BCUT2D eigenvalue weighted by molar-refractivity contribution is 7.80. The van der Waals surface area contributed by atoms with Crippen LogP contribution in [-0.4, -0.2) is 11.0 Å². The van der Waals surface area contributed by atoms with Gasteiger partial charge in [0.25, 0.3) is 0 Å². The second kappa shape index (κ2) is 5.25. The van der Waals surface area contributed by atoms with Crippen LogP contribution in [0.25, 0.3) is 0 Å². The van der Waals surface area contributed by atoms with Crippen molar-refractivity contribution in [3.63, 3.8) is 0 Å². The highest BCUT2D eigenvalue weighted by Gasteiger charge is 2.30. The minimum Gasteiger partial charge on any atom is -0.467 e. The summed E-state index contributed by atoms with van der Waals surface area (Å²) in [6.07, 6.45) is 3.90. The lowest BCUT2D eigenvalue weighted by molar-refractivity contribution is 0.501. The van der Waals surface area contributed by atoms with E-state index in [1.54, 1.807) is 12.3 Å². The quantitative estimate of drug-likeness (QED) is 0.859. The molecule has 0 bridgehead atoms. The Balaban J connectivity index is 1.88. The molecule has 1 fully saturated rings. The summed E-state index contributed by atoms with van der Waals surface area (Å²) in [7, 11) is 0. The zero-order valence-corrected chi connectivity index (χ0v) is 11.7. The van der Waals surface area contributed by atoms with E-state index in [4.69, 9.17) is 22.4 Å². The summed E-state index contributed by atoms with van der Waals surface area (Å²) in [6.45, 7) is 0.642. The number of benzene rings is 1. The average Bonchev–Trinajstić information content (AvgIpc) is 3.12. The number of nitrogens with two attached hydrogens (primary N) is 1. The number of halogens is 1. The molecular weight excluding hydrogens is 275 g/mol. The lowest BCUT2D eigenvalue weighted by Crippen LogP contribution is -2.25. The summed E-state index contributed by atoms with van der Waals surface area (Å²) in [5, 5.41) is 0. The minimum atomic E-state index is -0.375. The van der Waals surface area contributed by atoms with Gasteiger partial charge >= 0.3 is 0 Å². The summed E-state index contributed by atoms with van der Waals surface area (Å²) in [5.74, 6) is 0.496. The van der Waals surface area contributed by atoms with Crippen LogP contribution < -0.4 is 10.6 Å². The summed E-state index contributed by atoms with van der Waals surface area (Å²) in [4.78, 5) is 2.24. The molecule has 0 amide bonds. The van der Waals surface area contributed by atoms with E-state index in [1.165, 1.54) is 6.07 Å². The van der Waals surface area contributed by atoms with Crippen LogP contribution >= 0.6 is 12.2 Å². The van der Waals surface area contributed by atoms with E-state index >= 15 is 0 Å². The predicted molar refractivity (Wildman–Crippen MR) is 80.2 cm³/mol. The Labute approximate surface area is 122 Å². The molecule has 1 saturated carbocycles. The molecule has 0 aliphatic heterocycles. The molecule has 0 atom stereocenters. The van der Waals surface area contributed by atoms with E-state index in [2.05, 4.69) is 4.90 Å². The number of hydrogen-bond acceptors (Lipinski definition) is 3. The van der Waals surface area contributed by atoms with Gasteiger partial charge in [-0.1, -0.05) is 12.2 Å². The molecular formula is C15H15FN2OS. The molecule has 1 aromatic carbocycles. The molecule has 3 rings (SSSR count). The highest BCUT2D eigenvalue weighted by Crippen LogP contribution is 2.33. The third-order valence-electron chi connectivity index (χ3n) is 3.44. The van der Waals surface area contributed by atoms with Gasteiger partial charge in [0.05, 0.1) is 12.8 Å². The Hall–Kier alpha value is -1.88. The van der Waals surface area contributed by atoms with Gasteiger partial charge in [0, 0.05) is 17.3 Å². The molecule has 1 aliphatic carbocycles. The van der Waals surface area contributed by atoms with Crippen molar-refractivity contribution >= 4 is 22.9 Å². The second-order valence-electron chi connectivity index (χ2n) is 4.97. The van der Waals surface area contributed by atoms with Crippen LogP contribution in [0.3, 0.4) is 0 Å². The fraction of sp³-hybridized carbons (Fsp3) is 0.267. The van der Waals surface area contributed by atoms with Crippen molar-refractivity contribution in [2.45, 2.75) is 25.4 Å². The molecule has 1 aromatic heterocycles. The highest BCUT2D eigenvalue weighted by atomic mass is 32.1. The van der Waals surface area contributed by atoms with Gasteiger partial charge in [0.1, 0.15) is 16.6 Å². The van der Waals surface area contributed by atoms with E-state index in [0.29, 0.717) is 12.6 Å². The van der Waals surface area contributed by atoms with Crippen LogP contribution in [0.2, 0.25) is 0 Å². The smallest absolute Gasteiger partial charge is 0.135 e. The summed E-state index contributed by atoms with van der Waals surface area (Å²) in [6, 6.07) is 9.24. The first-order valence-electron chi connectivity index (χ1n) is 6.53. The zero-order chi connectivity index (χ0) is 14.1. The maximum Gasteiger partial charge on any atom is 0.135 e.